The Morgan fingerprint density at radius 2 is 2.35 bits per heavy atom. The summed E-state index contributed by atoms with van der Waals surface area (Å²) in [6.07, 6.45) is 7.25. The lowest BCUT2D eigenvalue weighted by Crippen LogP contribution is -2.21. The summed E-state index contributed by atoms with van der Waals surface area (Å²) in [5.41, 5.74) is 3.92. The highest BCUT2D eigenvalue weighted by Gasteiger charge is 2.18. The predicted octanol–water partition coefficient (Wildman–Crippen LogP) is 2.60. The molecule has 0 fully saturated rings. The summed E-state index contributed by atoms with van der Waals surface area (Å²) in [6.45, 7) is 0.560. The quantitative estimate of drug-likeness (QED) is 0.929. The number of aromatic nitrogens is 2. The maximum atomic E-state index is 5.88. The van der Waals surface area contributed by atoms with E-state index in [2.05, 4.69) is 28.5 Å². The fourth-order valence-corrected chi connectivity index (χ4v) is 2.86. The second-order valence-electron chi connectivity index (χ2n) is 5.38. The summed E-state index contributed by atoms with van der Waals surface area (Å²) < 4.78 is 7.87. The van der Waals surface area contributed by atoms with Crippen LogP contribution in [0.2, 0.25) is 0 Å². The third-order valence-electron chi connectivity index (χ3n) is 4.08. The molecule has 1 aromatic carbocycles. The number of benzene rings is 1. The van der Waals surface area contributed by atoms with Gasteiger partial charge in [-0.25, -0.2) is 4.98 Å². The van der Waals surface area contributed by atoms with Crippen molar-refractivity contribution in [1.29, 1.82) is 0 Å². The van der Waals surface area contributed by atoms with Crippen molar-refractivity contribution in [2.24, 2.45) is 7.05 Å². The number of fused-ring (bicyclic) bond motifs is 1. The summed E-state index contributed by atoms with van der Waals surface area (Å²) in [5, 5.41) is 3.39. The smallest absolute Gasteiger partial charge is 0.130 e. The van der Waals surface area contributed by atoms with Crippen molar-refractivity contribution in [2.75, 3.05) is 7.05 Å². The number of imidazole rings is 1. The Morgan fingerprint density at radius 1 is 1.45 bits per heavy atom. The van der Waals surface area contributed by atoms with Crippen LogP contribution in [0.4, 0.5) is 0 Å². The van der Waals surface area contributed by atoms with Gasteiger partial charge < -0.3 is 14.6 Å². The molecule has 1 aliphatic rings. The van der Waals surface area contributed by atoms with Crippen LogP contribution < -0.4 is 10.1 Å². The highest BCUT2D eigenvalue weighted by atomic mass is 16.5. The minimum atomic E-state index is 0.491. The van der Waals surface area contributed by atoms with Gasteiger partial charge in [0.15, 0.2) is 0 Å². The van der Waals surface area contributed by atoms with Crippen molar-refractivity contribution in [3.63, 3.8) is 0 Å². The van der Waals surface area contributed by atoms with E-state index in [1.54, 1.807) is 6.33 Å². The van der Waals surface area contributed by atoms with Crippen molar-refractivity contribution in [1.82, 2.24) is 14.9 Å². The van der Waals surface area contributed by atoms with Gasteiger partial charge in [-0.3, -0.25) is 0 Å². The average molecular weight is 271 g/mol. The zero-order chi connectivity index (χ0) is 13.9. The van der Waals surface area contributed by atoms with E-state index in [0.29, 0.717) is 12.6 Å². The summed E-state index contributed by atoms with van der Waals surface area (Å²) in [4.78, 5) is 4.10. The van der Waals surface area contributed by atoms with Crippen molar-refractivity contribution >= 4 is 0 Å². The molecule has 0 aliphatic heterocycles. The Labute approximate surface area is 119 Å². The second kappa shape index (κ2) is 5.67. The van der Waals surface area contributed by atoms with E-state index >= 15 is 0 Å². The molecule has 1 aromatic heterocycles. The zero-order valence-corrected chi connectivity index (χ0v) is 12.1. The van der Waals surface area contributed by atoms with Crippen LogP contribution >= 0.6 is 0 Å². The molecule has 1 atom stereocenters. The largest absolute Gasteiger partial charge is 0.487 e. The van der Waals surface area contributed by atoms with E-state index in [-0.39, 0.29) is 0 Å². The molecule has 106 valence electrons. The Kier molecular flexibility index (Phi) is 3.74. The van der Waals surface area contributed by atoms with Crippen LogP contribution in [-0.4, -0.2) is 16.6 Å². The number of ether oxygens (including phenoxy) is 1. The van der Waals surface area contributed by atoms with E-state index in [0.717, 1.165) is 17.9 Å². The van der Waals surface area contributed by atoms with E-state index in [1.807, 2.05) is 24.9 Å². The molecule has 1 N–H and O–H groups in total. The normalized spacial score (nSPS) is 17.8. The zero-order valence-electron chi connectivity index (χ0n) is 12.1. The van der Waals surface area contributed by atoms with Gasteiger partial charge in [-0.1, -0.05) is 6.07 Å². The molecule has 0 spiro atoms. The van der Waals surface area contributed by atoms with Gasteiger partial charge in [0.2, 0.25) is 0 Å². The fraction of sp³-hybridized carbons (Fsp3) is 0.438. The first kappa shape index (κ1) is 13.2. The summed E-state index contributed by atoms with van der Waals surface area (Å²) in [5.74, 6) is 0.946. The van der Waals surface area contributed by atoms with E-state index in [4.69, 9.17) is 4.74 Å². The van der Waals surface area contributed by atoms with Gasteiger partial charge in [0, 0.05) is 13.1 Å². The first-order valence-electron chi connectivity index (χ1n) is 7.16. The second-order valence-corrected chi connectivity index (χ2v) is 5.38. The van der Waals surface area contributed by atoms with Crippen molar-refractivity contribution in [2.45, 2.75) is 31.9 Å². The number of nitrogens with zero attached hydrogens (tertiary/aromatic N) is 2. The van der Waals surface area contributed by atoms with Gasteiger partial charge in [-0.05, 0) is 49.6 Å². The standard InChI is InChI=1S/C16H21N3O/c1-17-16-5-3-4-12-8-14(6-7-15(12)16)20-10-13-9-18-11-19(13)2/h6-9,11,16-17H,3-5,10H2,1-2H3. The van der Waals surface area contributed by atoms with Gasteiger partial charge in [-0.2, -0.15) is 0 Å². The molecule has 1 unspecified atom stereocenters. The molecule has 0 amide bonds. The molecule has 3 rings (SSSR count). The third kappa shape index (κ3) is 2.56. The maximum absolute atomic E-state index is 5.88. The van der Waals surface area contributed by atoms with Crippen LogP contribution in [-0.2, 0) is 20.1 Å². The maximum Gasteiger partial charge on any atom is 0.130 e. The average Bonchev–Trinajstić information content (AvgIpc) is 2.89. The molecule has 1 aliphatic carbocycles. The van der Waals surface area contributed by atoms with Crippen LogP contribution in [0.15, 0.2) is 30.7 Å². The first-order chi connectivity index (χ1) is 9.78. The molecule has 1 heterocycles. The van der Waals surface area contributed by atoms with Gasteiger partial charge in [0.05, 0.1) is 18.2 Å². The van der Waals surface area contributed by atoms with Gasteiger partial charge >= 0.3 is 0 Å². The lowest BCUT2D eigenvalue weighted by atomic mass is 9.87. The Morgan fingerprint density at radius 3 is 3.10 bits per heavy atom. The molecule has 4 nitrogen and oxygen atoms in total. The molecular weight excluding hydrogens is 250 g/mol. The van der Waals surface area contributed by atoms with Crippen molar-refractivity contribution in [3.8, 4) is 5.75 Å². The summed E-state index contributed by atoms with van der Waals surface area (Å²) >= 11 is 0. The summed E-state index contributed by atoms with van der Waals surface area (Å²) in [6, 6.07) is 6.96. The molecule has 20 heavy (non-hydrogen) atoms. The molecule has 0 saturated carbocycles. The fourth-order valence-electron chi connectivity index (χ4n) is 2.86. The van der Waals surface area contributed by atoms with Crippen molar-refractivity contribution < 1.29 is 4.74 Å². The monoisotopic (exact) mass is 271 g/mol. The molecule has 0 saturated heterocycles. The molecule has 4 heteroatoms. The minimum Gasteiger partial charge on any atom is -0.487 e. The Hall–Kier alpha value is -1.81. The number of nitrogens with one attached hydrogen (secondary N) is 1. The Bertz CT molecular complexity index is 591. The van der Waals surface area contributed by atoms with Crippen LogP contribution in [0.1, 0.15) is 35.7 Å². The number of aryl methyl sites for hydroxylation is 2. The molecular formula is C16H21N3O. The minimum absolute atomic E-state index is 0.491. The van der Waals surface area contributed by atoms with E-state index < -0.39 is 0 Å². The highest BCUT2D eigenvalue weighted by molar-refractivity contribution is 5.39. The van der Waals surface area contributed by atoms with Gasteiger partial charge in [0.1, 0.15) is 12.4 Å². The van der Waals surface area contributed by atoms with Crippen LogP contribution in [0.5, 0.6) is 5.75 Å². The molecule has 2 aromatic rings. The first-order valence-corrected chi connectivity index (χ1v) is 7.16. The van der Waals surface area contributed by atoms with Crippen LogP contribution in [0.25, 0.3) is 0 Å². The molecule has 0 radical (unpaired) electrons. The lowest BCUT2D eigenvalue weighted by molar-refractivity contribution is 0.296. The van der Waals surface area contributed by atoms with E-state index in [9.17, 15) is 0 Å². The van der Waals surface area contributed by atoms with E-state index in [1.165, 1.54) is 24.0 Å². The molecule has 0 bridgehead atoms. The number of hydrogen-bond acceptors (Lipinski definition) is 3. The lowest BCUT2D eigenvalue weighted by Gasteiger charge is -2.25. The van der Waals surface area contributed by atoms with Crippen LogP contribution in [0, 0.1) is 0 Å². The topological polar surface area (TPSA) is 39.1 Å². The number of hydrogen-bond donors (Lipinski definition) is 1. The Balaban J connectivity index is 1.74. The number of rotatable bonds is 4. The predicted molar refractivity (Wildman–Crippen MR) is 78.7 cm³/mol. The van der Waals surface area contributed by atoms with Crippen molar-refractivity contribution in [3.05, 3.63) is 47.5 Å². The summed E-state index contributed by atoms with van der Waals surface area (Å²) in [7, 11) is 4.02. The van der Waals surface area contributed by atoms with Gasteiger partial charge in [0.25, 0.3) is 0 Å². The van der Waals surface area contributed by atoms with Crippen LogP contribution in [0.3, 0.4) is 0 Å². The van der Waals surface area contributed by atoms with Gasteiger partial charge in [-0.15, -0.1) is 0 Å². The highest BCUT2D eigenvalue weighted by Crippen LogP contribution is 2.32. The third-order valence-corrected chi connectivity index (χ3v) is 4.08. The SMILES string of the molecule is CNC1CCCc2cc(OCc3cncn3C)ccc21.